The molecule has 1 rings (SSSR count). The van der Waals surface area contributed by atoms with Crippen LogP contribution in [0.3, 0.4) is 0 Å². The van der Waals surface area contributed by atoms with Gasteiger partial charge in [0, 0.05) is 6.42 Å². The number of hydrogen-bond donors (Lipinski definition) is 0. The zero-order chi connectivity index (χ0) is 14.1. The summed E-state index contributed by atoms with van der Waals surface area (Å²) in [7, 11) is 0. The maximum atomic E-state index is 11.7. The molecule has 5 nitrogen and oxygen atoms in total. The van der Waals surface area contributed by atoms with Crippen LogP contribution < -0.4 is 4.74 Å². The highest BCUT2D eigenvalue weighted by molar-refractivity contribution is 5.78. The van der Waals surface area contributed by atoms with Crippen LogP contribution in [0.25, 0.3) is 0 Å². The maximum Gasteiger partial charge on any atom is 0.389 e. The van der Waals surface area contributed by atoms with Gasteiger partial charge in [0.15, 0.2) is 0 Å². The van der Waals surface area contributed by atoms with Crippen LogP contribution in [0.2, 0.25) is 0 Å². The number of ether oxygens (including phenoxy) is 3. The first-order chi connectivity index (χ1) is 9.17. The van der Waals surface area contributed by atoms with Crippen molar-refractivity contribution < 1.29 is 23.8 Å². The number of benzene rings is 1. The third-order valence-electron chi connectivity index (χ3n) is 2.05. The van der Waals surface area contributed by atoms with Gasteiger partial charge < -0.3 is 14.2 Å². The molecular weight excluding hydrogens is 248 g/mol. The van der Waals surface area contributed by atoms with Gasteiger partial charge >= 0.3 is 18.2 Å². The predicted octanol–water partition coefficient (Wildman–Crippen LogP) is 2.07. The van der Waals surface area contributed by atoms with E-state index in [9.17, 15) is 9.59 Å². The quantitative estimate of drug-likeness (QED) is 0.428. The molecule has 1 aromatic carbocycles. The summed E-state index contributed by atoms with van der Waals surface area (Å²) in [4.78, 5) is 22.9. The number of carbonyl (C=O) groups is 2. The van der Waals surface area contributed by atoms with Gasteiger partial charge in [-0.3, -0.25) is 4.79 Å². The van der Waals surface area contributed by atoms with Crippen molar-refractivity contribution >= 4 is 11.9 Å². The van der Waals surface area contributed by atoms with Crippen LogP contribution in [-0.2, 0) is 19.1 Å². The van der Waals surface area contributed by atoms with Crippen molar-refractivity contribution in [2.45, 2.75) is 19.6 Å². The molecular formula is C14H16O5. The number of esters is 2. The SMILES string of the molecule is C=CCOC(=O)C(OC(=O)CC)Oc1ccccc1. The number of carbonyl (C=O) groups excluding carboxylic acids is 2. The molecule has 0 aliphatic carbocycles. The summed E-state index contributed by atoms with van der Waals surface area (Å²) in [5.41, 5.74) is 0. The van der Waals surface area contributed by atoms with Gasteiger partial charge in [0.05, 0.1) is 0 Å². The molecule has 5 heteroatoms. The molecule has 1 atom stereocenters. The molecule has 0 aromatic heterocycles. The highest BCUT2D eigenvalue weighted by atomic mass is 16.7. The average Bonchev–Trinajstić information content (AvgIpc) is 2.44. The maximum absolute atomic E-state index is 11.7. The second-order valence-electron chi connectivity index (χ2n) is 3.52. The van der Waals surface area contributed by atoms with Crippen LogP contribution in [0.15, 0.2) is 43.0 Å². The highest BCUT2D eigenvalue weighted by Crippen LogP contribution is 2.13. The number of para-hydroxylation sites is 1. The topological polar surface area (TPSA) is 61.8 Å². The summed E-state index contributed by atoms with van der Waals surface area (Å²) in [5.74, 6) is -0.908. The first kappa shape index (κ1) is 14.8. The molecule has 0 fully saturated rings. The highest BCUT2D eigenvalue weighted by Gasteiger charge is 2.25. The first-order valence-electron chi connectivity index (χ1n) is 5.86. The van der Waals surface area contributed by atoms with E-state index in [1.54, 1.807) is 37.3 Å². The fourth-order valence-electron chi connectivity index (χ4n) is 1.15. The monoisotopic (exact) mass is 264 g/mol. The Balaban J connectivity index is 2.71. The fourth-order valence-corrected chi connectivity index (χ4v) is 1.15. The number of hydrogen-bond acceptors (Lipinski definition) is 5. The van der Waals surface area contributed by atoms with Crippen LogP contribution in [0, 0.1) is 0 Å². The Labute approximate surface area is 111 Å². The van der Waals surface area contributed by atoms with Crippen molar-refractivity contribution in [1.29, 1.82) is 0 Å². The van der Waals surface area contributed by atoms with E-state index in [2.05, 4.69) is 6.58 Å². The smallest absolute Gasteiger partial charge is 0.389 e. The van der Waals surface area contributed by atoms with E-state index in [-0.39, 0.29) is 13.0 Å². The van der Waals surface area contributed by atoms with Crippen LogP contribution in [0.4, 0.5) is 0 Å². The summed E-state index contributed by atoms with van der Waals surface area (Å²) in [6.45, 7) is 5.07. The van der Waals surface area contributed by atoms with Crippen LogP contribution >= 0.6 is 0 Å². The van der Waals surface area contributed by atoms with E-state index < -0.39 is 18.2 Å². The third-order valence-corrected chi connectivity index (χ3v) is 2.05. The molecule has 0 aliphatic heterocycles. The van der Waals surface area contributed by atoms with Gasteiger partial charge in [0.1, 0.15) is 12.4 Å². The lowest BCUT2D eigenvalue weighted by molar-refractivity contribution is -0.185. The zero-order valence-corrected chi connectivity index (χ0v) is 10.7. The van der Waals surface area contributed by atoms with Crippen molar-refractivity contribution in [2.75, 3.05) is 6.61 Å². The number of rotatable bonds is 7. The van der Waals surface area contributed by atoms with E-state index >= 15 is 0 Å². The Morgan fingerprint density at radius 2 is 2.00 bits per heavy atom. The molecule has 1 aromatic rings. The Morgan fingerprint density at radius 1 is 1.32 bits per heavy atom. The normalized spacial score (nSPS) is 11.2. The van der Waals surface area contributed by atoms with Gasteiger partial charge in [-0.1, -0.05) is 37.8 Å². The first-order valence-corrected chi connectivity index (χ1v) is 5.86. The minimum Gasteiger partial charge on any atom is -0.456 e. The second-order valence-corrected chi connectivity index (χ2v) is 3.52. The Kier molecular flexibility index (Phi) is 6.15. The molecule has 0 spiro atoms. The Bertz CT molecular complexity index is 427. The summed E-state index contributed by atoms with van der Waals surface area (Å²) in [6.07, 6.45) is 0.150. The molecule has 0 heterocycles. The largest absolute Gasteiger partial charge is 0.456 e. The van der Waals surface area contributed by atoms with E-state index in [4.69, 9.17) is 14.2 Å². The second kappa shape index (κ2) is 7.92. The minimum atomic E-state index is -1.41. The standard InChI is InChI=1S/C14H16O5/c1-3-10-17-13(16)14(19-12(15)4-2)18-11-8-6-5-7-9-11/h3,5-9,14H,1,4,10H2,2H3. The van der Waals surface area contributed by atoms with Gasteiger partial charge in [-0.2, -0.15) is 0 Å². The lowest BCUT2D eigenvalue weighted by Crippen LogP contribution is -2.34. The average molecular weight is 264 g/mol. The molecule has 19 heavy (non-hydrogen) atoms. The summed E-state index contributed by atoms with van der Waals surface area (Å²) in [5, 5.41) is 0. The third kappa shape index (κ3) is 5.25. The van der Waals surface area contributed by atoms with Crippen molar-refractivity contribution in [1.82, 2.24) is 0 Å². The molecule has 0 saturated heterocycles. The summed E-state index contributed by atoms with van der Waals surface area (Å²) >= 11 is 0. The molecule has 0 N–H and O–H groups in total. The van der Waals surface area contributed by atoms with E-state index in [0.29, 0.717) is 5.75 Å². The zero-order valence-electron chi connectivity index (χ0n) is 10.7. The van der Waals surface area contributed by atoms with Crippen LogP contribution in [0.5, 0.6) is 5.75 Å². The van der Waals surface area contributed by atoms with Crippen LogP contribution in [-0.4, -0.2) is 24.8 Å². The Hall–Kier alpha value is -2.30. The predicted molar refractivity (Wildman–Crippen MR) is 68.4 cm³/mol. The van der Waals surface area contributed by atoms with Gasteiger partial charge in [-0.05, 0) is 12.1 Å². The molecule has 0 saturated carbocycles. The summed E-state index contributed by atoms with van der Waals surface area (Å²) < 4.78 is 15.0. The van der Waals surface area contributed by atoms with E-state index in [1.807, 2.05) is 0 Å². The minimum absolute atomic E-state index is 0.0250. The summed E-state index contributed by atoms with van der Waals surface area (Å²) in [6, 6.07) is 8.57. The van der Waals surface area contributed by atoms with E-state index in [0.717, 1.165) is 0 Å². The Morgan fingerprint density at radius 3 is 2.58 bits per heavy atom. The molecule has 0 radical (unpaired) electrons. The van der Waals surface area contributed by atoms with E-state index in [1.165, 1.54) is 6.08 Å². The lowest BCUT2D eigenvalue weighted by Gasteiger charge is -2.17. The molecule has 1 unspecified atom stereocenters. The lowest BCUT2D eigenvalue weighted by atomic mass is 10.3. The van der Waals surface area contributed by atoms with Crippen molar-refractivity contribution in [3.63, 3.8) is 0 Å². The van der Waals surface area contributed by atoms with Crippen LogP contribution in [0.1, 0.15) is 13.3 Å². The van der Waals surface area contributed by atoms with Crippen molar-refractivity contribution in [2.24, 2.45) is 0 Å². The van der Waals surface area contributed by atoms with Crippen molar-refractivity contribution in [3.05, 3.63) is 43.0 Å². The molecule has 0 bridgehead atoms. The molecule has 0 amide bonds. The van der Waals surface area contributed by atoms with Gasteiger partial charge in [0.25, 0.3) is 0 Å². The molecule has 0 aliphatic rings. The van der Waals surface area contributed by atoms with Gasteiger partial charge in [-0.15, -0.1) is 0 Å². The molecule has 102 valence electrons. The van der Waals surface area contributed by atoms with Gasteiger partial charge in [0.2, 0.25) is 0 Å². The van der Waals surface area contributed by atoms with Crippen molar-refractivity contribution in [3.8, 4) is 5.75 Å². The fraction of sp³-hybridized carbons (Fsp3) is 0.286. The van der Waals surface area contributed by atoms with Gasteiger partial charge in [-0.25, -0.2) is 4.79 Å².